The van der Waals surface area contributed by atoms with Crippen LogP contribution in [0.5, 0.6) is 0 Å². The van der Waals surface area contributed by atoms with E-state index in [2.05, 4.69) is 193 Å². The Morgan fingerprint density at radius 1 is 0.429 bits per heavy atom. The summed E-state index contributed by atoms with van der Waals surface area (Å²) < 4.78 is 6.97. The summed E-state index contributed by atoms with van der Waals surface area (Å²) in [6, 6.07) is 69.8. The first kappa shape index (κ1) is 31.7. The van der Waals surface area contributed by atoms with Crippen molar-refractivity contribution in [1.82, 2.24) is 0 Å². The van der Waals surface area contributed by atoms with E-state index in [0.29, 0.717) is 0 Å². The standard InChI is InChI=1S/C54H39NO/c1-3-18-36(19-4-1)54(44-27-12-7-22-39(44)40-23-8-13-28-45(40)54)47-34-38(35-50-52(47)42-25-10-14-31-49(42)56-50)55(37-20-5-2-6-21-37)48-30-17-29-46-51(48)41-24-9-11-26-43(41)53(46)32-15-16-33-53/h1-14,17-31,34-35H,15-16,32-33H2. The fourth-order valence-corrected chi connectivity index (χ4v) is 11.1. The van der Waals surface area contributed by atoms with E-state index < -0.39 is 5.41 Å². The highest BCUT2D eigenvalue weighted by Gasteiger charge is 2.49. The van der Waals surface area contributed by atoms with Crippen LogP contribution in [-0.2, 0) is 10.8 Å². The lowest BCUT2D eigenvalue weighted by Gasteiger charge is -2.36. The van der Waals surface area contributed by atoms with Crippen LogP contribution in [0.3, 0.4) is 0 Å². The molecule has 12 rings (SSSR count). The zero-order valence-electron chi connectivity index (χ0n) is 31.1. The second-order valence-corrected chi connectivity index (χ2v) is 15.9. The number of hydrogen-bond donors (Lipinski definition) is 0. The van der Waals surface area contributed by atoms with Crippen LogP contribution in [0.25, 0.3) is 44.2 Å². The third-order valence-corrected chi connectivity index (χ3v) is 13.3. The summed E-state index contributed by atoms with van der Waals surface area (Å²) in [6.07, 6.45) is 4.91. The van der Waals surface area contributed by atoms with Crippen LogP contribution in [0.4, 0.5) is 17.1 Å². The monoisotopic (exact) mass is 717 g/mol. The molecule has 266 valence electrons. The van der Waals surface area contributed by atoms with E-state index >= 15 is 0 Å². The molecule has 1 spiro atoms. The molecule has 0 amide bonds. The molecule has 0 N–H and O–H groups in total. The number of fused-ring (bicyclic) bond motifs is 11. The molecule has 0 aliphatic heterocycles. The predicted octanol–water partition coefficient (Wildman–Crippen LogP) is 14.3. The molecule has 0 radical (unpaired) electrons. The molecule has 0 bridgehead atoms. The average Bonchev–Trinajstić information content (AvgIpc) is 4.04. The van der Waals surface area contributed by atoms with Crippen molar-refractivity contribution in [2.45, 2.75) is 36.5 Å². The van der Waals surface area contributed by atoms with E-state index in [1.165, 1.54) is 87.0 Å². The van der Waals surface area contributed by atoms with Gasteiger partial charge in [-0.25, -0.2) is 0 Å². The van der Waals surface area contributed by atoms with Crippen molar-refractivity contribution < 1.29 is 4.42 Å². The van der Waals surface area contributed by atoms with E-state index in [9.17, 15) is 0 Å². The van der Waals surface area contributed by atoms with E-state index in [-0.39, 0.29) is 5.41 Å². The molecule has 1 heterocycles. The first-order valence-corrected chi connectivity index (χ1v) is 20.1. The minimum Gasteiger partial charge on any atom is -0.456 e. The van der Waals surface area contributed by atoms with Crippen LogP contribution < -0.4 is 4.90 Å². The highest BCUT2D eigenvalue weighted by molar-refractivity contribution is 6.10. The normalized spacial score (nSPS) is 15.5. The predicted molar refractivity (Wildman–Crippen MR) is 230 cm³/mol. The lowest BCUT2D eigenvalue weighted by molar-refractivity contribution is 0.550. The van der Waals surface area contributed by atoms with Gasteiger partial charge in [0.15, 0.2) is 0 Å². The molecular formula is C54H39NO. The third kappa shape index (κ3) is 4.16. The van der Waals surface area contributed by atoms with Gasteiger partial charge in [-0.3, -0.25) is 0 Å². The summed E-state index contributed by atoms with van der Waals surface area (Å²) in [4.78, 5) is 2.51. The van der Waals surface area contributed by atoms with Crippen molar-refractivity contribution in [1.29, 1.82) is 0 Å². The lowest BCUT2D eigenvalue weighted by atomic mass is 9.66. The molecule has 0 atom stereocenters. The Kier molecular flexibility index (Phi) is 6.75. The number of anilines is 3. The second kappa shape index (κ2) is 11.9. The van der Waals surface area contributed by atoms with E-state index in [1.54, 1.807) is 0 Å². The van der Waals surface area contributed by atoms with E-state index in [4.69, 9.17) is 4.42 Å². The van der Waals surface area contributed by atoms with Crippen LogP contribution >= 0.6 is 0 Å². The molecule has 3 aliphatic rings. The third-order valence-electron chi connectivity index (χ3n) is 13.3. The Balaban J connectivity index is 1.23. The van der Waals surface area contributed by atoms with Crippen molar-refractivity contribution in [2.24, 2.45) is 0 Å². The number of nitrogens with zero attached hydrogens (tertiary/aromatic N) is 1. The minimum absolute atomic E-state index is 0.0623. The van der Waals surface area contributed by atoms with Gasteiger partial charge in [-0.15, -0.1) is 0 Å². The number of rotatable bonds is 5. The highest BCUT2D eigenvalue weighted by atomic mass is 16.3. The summed E-state index contributed by atoms with van der Waals surface area (Å²) in [7, 11) is 0. The molecular weight excluding hydrogens is 679 g/mol. The van der Waals surface area contributed by atoms with Crippen molar-refractivity contribution in [3.63, 3.8) is 0 Å². The molecule has 8 aromatic carbocycles. The van der Waals surface area contributed by atoms with Gasteiger partial charge in [0.25, 0.3) is 0 Å². The molecule has 9 aromatic rings. The van der Waals surface area contributed by atoms with Crippen LogP contribution in [0.2, 0.25) is 0 Å². The largest absolute Gasteiger partial charge is 0.456 e. The summed E-state index contributed by atoms with van der Waals surface area (Å²) in [6.45, 7) is 0. The quantitative estimate of drug-likeness (QED) is 0.176. The molecule has 56 heavy (non-hydrogen) atoms. The van der Waals surface area contributed by atoms with Gasteiger partial charge in [0.1, 0.15) is 11.2 Å². The van der Waals surface area contributed by atoms with Gasteiger partial charge in [-0.05, 0) is 93.2 Å². The van der Waals surface area contributed by atoms with Gasteiger partial charge in [0, 0.05) is 33.5 Å². The second-order valence-electron chi connectivity index (χ2n) is 15.9. The molecule has 1 fully saturated rings. The lowest BCUT2D eigenvalue weighted by Crippen LogP contribution is -2.29. The van der Waals surface area contributed by atoms with E-state index in [1.807, 2.05) is 0 Å². The summed E-state index contributed by atoms with van der Waals surface area (Å²) in [5.74, 6) is 0. The topological polar surface area (TPSA) is 16.4 Å². The van der Waals surface area contributed by atoms with Gasteiger partial charge >= 0.3 is 0 Å². The Labute approximate surface area is 327 Å². The Bertz CT molecular complexity index is 2940. The molecule has 3 aliphatic carbocycles. The molecule has 1 aromatic heterocycles. The zero-order valence-corrected chi connectivity index (χ0v) is 31.1. The van der Waals surface area contributed by atoms with Crippen molar-refractivity contribution in [3.05, 3.63) is 221 Å². The van der Waals surface area contributed by atoms with Crippen LogP contribution in [0, 0.1) is 0 Å². The van der Waals surface area contributed by atoms with Gasteiger partial charge in [-0.1, -0.05) is 165 Å². The summed E-state index contributed by atoms with van der Waals surface area (Å²) in [5, 5.41) is 2.28. The fraction of sp³-hybridized carbons (Fsp3) is 0.111. The van der Waals surface area contributed by atoms with Crippen molar-refractivity contribution in [2.75, 3.05) is 4.90 Å². The number of furan rings is 1. The highest BCUT2D eigenvalue weighted by Crippen LogP contribution is 2.62. The Hall–Kier alpha value is -6.64. The van der Waals surface area contributed by atoms with Crippen LogP contribution in [-0.4, -0.2) is 0 Å². The Morgan fingerprint density at radius 2 is 1.02 bits per heavy atom. The molecule has 0 unspecified atom stereocenters. The average molecular weight is 718 g/mol. The van der Waals surface area contributed by atoms with Crippen molar-refractivity contribution >= 4 is 39.0 Å². The first-order valence-electron chi connectivity index (χ1n) is 20.1. The van der Waals surface area contributed by atoms with E-state index in [0.717, 1.165) is 33.3 Å². The maximum Gasteiger partial charge on any atom is 0.137 e. The Morgan fingerprint density at radius 3 is 1.75 bits per heavy atom. The number of hydrogen-bond acceptors (Lipinski definition) is 2. The molecule has 0 saturated heterocycles. The maximum atomic E-state index is 6.97. The van der Waals surface area contributed by atoms with Crippen LogP contribution in [0.15, 0.2) is 192 Å². The summed E-state index contributed by atoms with van der Waals surface area (Å²) >= 11 is 0. The van der Waals surface area contributed by atoms with Crippen LogP contribution in [0.1, 0.15) is 59.1 Å². The van der Waals surface area contributed by atoms with Gasteiger partial charge in [-0.2, -0.15) is 0 Å². The number of para-hydroxylation sites is 2. The smallest absolute Gasteiger partial charge is 0.137 e. The fourth-order valence-electron chi connectivity index (χ4n) is 11.1. The first-order chi connectivity index (χ1) is 27.8. The van der Waals surface area contributed by atoms with Gasteiger partial charge < -0.3 is 9.32 Å². The number of benzene rings is 8. The zero-order chi connectivity index (χ0) is 36.8. The SMILES string of the molecule is c1ccc(N(c2cc(C3(c4ccccc4)c4ccccc4-c4ccccc43)c3c(c2)oc2ccccc23)c2cccc3c2-c2ccccc2C32CCCC2)cc1. The van der Waals surface area contributed by atoms with Crippen molar-refractivity contribution in [3.8, 4) is 22.3 Å². The molecule has 1 saturated carbocycles. The maximum absolute atomic E-state index is 6.97. The summed E-state index contributed by atoms with van der Waals surface area (Å²) in [5.41, 5.74) is 17.9. The van der Waals surface area contributed by atoms with Gasteiger partial charge in [0.2, 0.25) is 0 Å². The van der Waals surface area contributed by atoms with Gasteiger partial charge in [0.05, 0.1) is 16.8 Å². The molecule has 2 heteroatoms. The molecule has 2 nitrogen and oxygen atoms in total. The minimum atomic E-state index is -0.614.